The summed E-state index contributed by atoms with van der Waals surface area (Å²) in [6.07, 6.45) is 0.713. The van der Waals surface area contributed by atoms with E-state index in [1.54, 1.807) is 18.3 Å². The number of rotatable bonds is 7. The van der Waals surface area contributed by atoms with Gasteiger partial charge in [0.25, 0.3) is 0 Å². The van der Waals surface area contributed by atoms with Crippen LogP contribution in [0.15, 0.2) is 30.5 Å². The largest absolute Gasteiger partial charge is 0.394 e. The van der Waals surface area contributed by atoms with E-state index in [2.05, 4.69) is 20.6 Å². The van der Waals surface area contributed by atoms with E-state index in [4.69, 9.17) is 4.98 Å². The zero-order valence-corrected chi connectivity index (χ0v) is 24.5. The Morgan fingerprint density at radius 2 is 1.76 bits per heavy atom. The molecule has 4 saturated carbocycles. The summed E-state index contributed by atoms with van der Waals surface area (Å²) < 4.78 is 80.2. The van der Waals surface area contributed by atoms with E-state index in [9.17, 15) is 26.4 Å². The number of alkyl halides is 3. The maximum Gasteiger partial charge on any atom is 0.394 e. The number of carbonyl (C=O) groups is 1. The Labute approximate surface area is 244 Å². The molecule has 0 unspecified atom stereocenters. The van der Waals surface area contributed by atoms with Gasteiger partial charge in [0, 0.05) is 36.4 Å². The average Bonchev–Trinajstić information content (AvgIpc) is 3.27. The van der Waals surface area contributed by atoms with Crippen molar-refractivity contribution in [3.8, 4) is 21.8 Å². The molecule has 0 aliphatic heterocycles. The highest BCUT2D eigenvalue weighted by atomic mass is 32.2. The van der Waals surface area contributed by atoms with Crippen molar-refractivity contribution >= 4 is 38.7 Å². The molecule has 0 radical (unpaired) electrons. The molecule has 0 saturated heterocycles. The lowest BCUT2D eigenvalue weighted by Gasteiger charge is -2.69. The molecule has 4 aliphatic carbocycles. The molecule has 42 heavy (non-hydrogen) atoms. The Morgan fingerprint density at radius 1 is 1.07 bits per heavy atom. The monoisotopic (exact) mass is 623 g/mol. The molecule has 2 N–H and O–H groups in total. The quantitative estimate of drug-likeness (QED) is 0.305. The molecule has 0 spiro atoms. The zero-order valence-electron chi connectivity index (χ0n) is 22.9. The van der Waals surface area contributed by atoms with Crippen molar-refractivity contribution in [2.24, 2.45) is 5.41 Å². The van der Waals surface area contributed by atoms with E-state index in [0.717, 1.165) is 0 Å². The van der Waals surface area contributed by atoms with E-state index < -0.39 is 38.6 Å². The lowest BCUT2D eigenvalue weighted by atomic mass is 9.35. The SMILES string of the molecule is CC(=O)Nc1cccc(-c2nc(C34CC(C(F)(F)F)(C3)C4)sc2-c2ccnc(N[C@H]3CC[C@H](S(C)(=O)=O)CC3)n2)c1F. The van der Waals surface area contributed by atoms with E-state index in [1.165, 1.54) is 36.6 Å². The highest BCUT2D eigenvalue weighted by Crippen LogP contribution is 2.79. The fourth-order valence-electron chi connectivity index (χ4n) is 6.59. The van der Waals surface area contributed by atoms with Crippen LogP contribution in [0, 0.1) is 11.2 Å². The predicted molar refractivity (Wildman–Crippen MR) is 151 cm³/mol. The molecule has 4 aliphatic rings. The van der Waals surface area contributed by atoms with Gasteiger partial charge in [0.2, 0.25) is 11.9 Å². The molecular weight excluding hydrogens is 594 g/mol. The summed E-state index contributed by atoms with van der Waals surface area (Å²) in [4.78, 5) is 25.8. The van der Waals surface area contributed by atoms with Gasteiger partial charge in [-0.15, -0.1) is 11.3 Å². The number of anilines is 2. The van der Waals surface area contributed by atoms with Gasteiger partial charge >= 0.3 is 6.18 Å². The van der Waals surface area contributed by atoms with E-state index >= 15 is 4.39 Å². The van der Waals surface area contributed by atoms with Crippen molar-refractivity contribution < 1.29 is 30.8 Å². The molecular formula is C28H29F4N5O3S2. The molecule has 0 atom stereocenters. The van der Waals surface area contributed by atoms with E-state index in [0.29, 0.717) is 47.2 Å². The van der Waals surface area contributed by atoms with Gasteiger partial charge in [0.1, 0.15) is 14.8 Å². The minimum Gasteiger partial charge on any atom is -0.351 e. The molecule has 1 aromatic carbocycles. The first-order valence-electron chi connectivity index (χ1n) is 13.6. The lowest BCUT2D eigenvalue weighted by Crippen LogP contribution is -2.70. The summed E-state index contributed by atoms with van der Waals surface area (Å²) in [5.74, 6) is -0.843. The summed E-state index contributed by atoms with van der Waals surface area (Å²) in [5.41, 5.74) is -1.63. The van der Waals surface area contributed by atoms with Crippen LogP contribution >= 0.6 is 11.3 Å². The summed E-state index contributed by atoms with van der Waals surface area (Å²) in [6, 6.07) is 6.13. The van der Waals surface area contributed by atoms with E-state index in [1.807, 2.05) is 0 Å². The third-order valence-electron chi connectivity index (χ3n) is 8.78. The topological polar surface area (TPSA) is 114 Å². The standard InChI is InChI=1S/C28H29F4N5O3S2/c1-15(38)34-19-5-3-4-18(21(19)29)22-23(41-24(37-22)26-12-27(13-26,14-26)28(30,31)32)20-10-11-33-25(36-20)35-16-6-8-17(9-7-16)42(2,39)40/h3-5,10-11,16-17H,6-9,12-14H2,1-2H3,(H,34,38)(H,33,35,36)/t16-,17-,26?,27?. The third kappa shape index (κ3) is 4.95. The molecule has 2 aromatic heterocycles. The molecule has 8 nitrogen and oxygen atoms in total. The maximum atomic E-state index is 15.7. The van der Waals surface area contributed by atoms with Crippen molar-refractivity contribution in [3.63, 3.8) is 0 Å². The van der Waals surface area contributed by atoms with Crippen LogP contribution in [0.2, 0.25) is 0 Å². The van der Waals surface area contributed by atoms with Crippen molar-refractivity contribution in [2.45, 2.75) is 74.8 Å². The van der Waals surface area contributed by atoms with Gasteiger partial charge in [-0.1, -0.05) is 6.07 Å². The number of hydrogen-bond donors (Lipinski definition) is 2. The molecule has 2 heterocycles. The van der Waals surface area contributed by atoms with Crippen LogP contribution in [0.25, 0.3) is 21.8 Å². The Balaban J connectivity index is 1.33. The molecule has 1 amide bonds. The van der Waals surface area contributed by atoms with Gasteiger partial charge in [-0.25, -0.2) is 27.8 Å². The number of sulfone groups is 1. The average molecular weight is 624 g/mol. The number of benzene rings is 1. The Bertz CT molecular complexity index is 1650. The number of hydrogen-bond acceptors (Lipinski definition) is 8. The molecule has 7 rings (SSSR count). The van der Waals surface area contributed by atoms with E-state index in [-0.39, 0.29) is 47.5 Å². The molecule has 4 fully saturated rings. The molecule has 3 aromatic rings. The molecule has 14 heteroatoms. The van der Waals surface area contributed by atoms with Gasteiger partial charge in [-0.2, -0.15) is 13.2 Å². The number of aromatic nitrogens is 3. The number of thiazole rings is 1. The lowest BCUT2D eigenvalue weighted by molar-refractivity contribution is -0.337. The summed E-state index contributed by atoms with van der Waals surface area (Å²) in [5, 5.41) is 5.88. The van der Waals surface area contributed by atoms with Crippen molar-refractivity contribution in [1.29, 1.82) is 0 Å². The second-order valence-electron chi connectivity index (χ2n) is 11.8. The van der Waals surface area contributed by atoms with Crippen molar-refractivity contribution in [3.05, 3.63) is 41.3 Å². The fourth-order valence-corrected chi connectivity index (χ4v) is 8.95. The van der Waals surface area contributed by atoms with Gasteiger partial charge in [-0.3, -0.25) is 4.79 Å². The Hall–Kier alpha value is -3.13. The second-order valence-corrected chi connectivity index (χ2v) is 15.2. The highest BCUT2D eigenvalue weighted by molar-refractivity contribution is 7.91. The second kappa shape index (κ2) is 9.97. The van der Waals surface area contributed by atoms with Crippen molar-refractivity contribution in [2.75, 3.05) is 16.9 Å². The summed E-state index contributed by atoms with van der Waals surface area (Å²) >= 11 is 1.21. The third-order valence-corrected chi connectivity index (χ3v) is 11.8. The number of nitrogens with one attached hydrogen (secondary N) is 2. The number of nitrogens with zero attached hydrogens (tertiary/aromatic N) is 3. The number of carbonyl (C=O) groups excluding carboxylic acids is 1. The minimum absolute atomic E-state index is 0.0270. The van der Waals surface area contributed by atoms with Gasteiger partial charge in [0.15, 0.2) is 5.82 Å². The predicted octanol–water partition coefficient (Wildman–Crippen LogP) is 6.12. The zero-order chi connectivity index (χ0) is 30.1. The summed E-state index contributed by atoms with van der Waals surface area (Å²) in [6.45, 7) is 1.26. The number of halogens is 4. The van der Waals surface area contributed by atoms with Gasteiger partial charge in [-0.05, 0) is 63.1 Å². The Kier molecular flexibility index (Phi) is 6.87. The van der Waals surface area contributed by atoms with Crippen molar-refractivity contribution in [1.82, 2.24) is 15.0 Å². The minimum atomic E-state index is -4.27. The summed E-state index contributed by atoms with van der Waals surface area (Å²) in [7, 11) is -3.11. The van der Waals surface area contributed by atoms with Crippen LogP contribution in [-0.2, 0) is 20.0 Å². The molecule has 2 bridgehead atoms. The first-order chi connectivity index (χ1) is 19.7. The van der Waals surface area contributed by atoms with Crippen LogP contribution in [0.5, 0.6) is 0 Å². The van der Waals surface area contributed by atoms with Gasteiger partial charge < -0.3 is 10.6 Å². The smallest absolute Gasteiger partial charge is 0.351 e. The fraction of sp³-hybridized carbons (Fsp3) is 0.500. The Morgan fingerprint density at radius 3 is 2.38 bits per heavy atom. The highest BCUT2D eigenvalue weighted by Gasteiger charge is 2.79. The maximum absolute atomic E-state index is 15.7. The van der Waals surface area contributed by atoms with Crippen LogP contribution in [0.3, 0.4) is 0 Å². The number of amides is 1. The molecule has 224 valence electrons. The first kappa shape index (κ1) is 29.0. The van der Waals surface area contributed by atoms with Crippen LogP contribution in [0.4, 0.5) is 29.2 Å². The van der Waals surface area contributed by atoms with Crippen LogP contribution < -0.4 is 10.6 Å². The van der Waals surface area contributed by atoms with Crippen LogP contribution in [-0.4, -0.2) is 53.0 Å². The normalized spacial score (nSPS) is 27.1. The van der Waals surface area contributed by atoms with Crippen LogP contribution in [0.1, 0.15) is 56.9 Å². The first-order valence-corrected chi connectivity index (χ1v) is 16.4. The van der Waals surface area contributed by atoms with Gasteiger partial charge in [0.05, 0.1) is 32.6 Å².